The number of hydrogen-bond acceptors (Lipinski definition) is 4. The van der Waals surface area contributed by atoms with Gasteiger partial charge in [-0.2, -0.15) is 0 Å². The Morgan fingerprint density at radius 1 is 0.667 bits per heavy atom. The lowest BCUT2D eigenvalue weighted by Crippen LogP contribution is -2.23. The first kappa shape index (κ1) is 19.2. The van der Waals surface area contributed by atoms with Crippen molar-refractivity contribution in [3.05, 3.63) is 70.8 Å². The highest BCUT2D eigenvalue weighted by Crippen LogP contribution is 2.34. The molecule has 0 aliphatic carbocycles. The molecule has 0 aliphatic rings. The van der Waals surface area contributed by atoms with Gasteiger partial charge in [-0.3, -0.25) is 0 Å². The van der Waals surface area contributed by atoms with Gasteiger partial charge in [-0.15, -0.1) is 13.2 Å². The van der Waals surface area contributed by atoms with Crippen LogP contribution in [0.5, 0.6) is 0 Å². The van der Waals surface area contributed by atoms with Crippen molar-refractivity contribution in [2.75, 3.05) is 0 Å². The minimum atomic E-state index is -1.21. The second kappa shape index (κ2) is 7.59. The van der Waals surface area contributed by atoms with Crippen LogP contribution in [0.1, 0.15) is 43.0 Å². The van der Waals surface area contributed by atoms with Gasteiger partial charge in [0.1, 0.15) is 0 Å². The molecule has 0 atom stereocenters. The van der Waals surface area contributed by atoms with Gasteiger partial charge >= 0.3 is 0 Å². The van der Waals surface area contributed by atoms with Crippen LogP contribution in [0, 0.1) is 27.7 Å². The number of carbonyl (C=O) groups excluding carboxylic acids is 2. The first-order chi connectivity index (χ1) is 11.2. The van der Waals surface area contributed by atoms with Gasteiger partial charge < -0.3 is 19.8 Å². The Morgan fingerprint density at radius 3 is 1.04 bits per heavy atom. The molecule has 0 saturated heterocycles. The molecule has 4 nitrogen and oxygen atoms in total. The van der Waals surface area contributed by atoms with Crippen LogP contribution >= 0.6 is 0 Å². The number of carbonyl (C=O) groups is 2. The maximum absolute atomic E-state index is 11.0. The lowest BCUT2D eigenvalue weighted by Gasteiger charge is -2.19. The van der Waals surface area contributed by atoms with Crippen LogP contribution in [-0.2, 0) is 0 Å². The molecule has 0 amide bonds. The van der Waals surface area contributed by atoms with E-state index in [4.69, 9.17) is 0 Å². The Kier molecular flexibility index (Phi) is 6.07. The van der Waals surface area contributed by atoms with E-state index in [1.807, 2.05) is 27.7 Å². The number of benzene rings is 2. The monoisotopic (exact) mass is 324 g/mol. The molecule has 0 N–H and O–H groups in total. The summed E-state index contributed by atoms with van der Waals surface area (Å²) < 4.78 is 0. The van der Waals surface area contributed by atoms with Crippen LogP contribution < -0.4 is 10.2 Å². The molecule has 0 bridgehead atoms. The molecular weight excluding hydrogens is 304 g/mol. The zero-order valence-corrected chi connectivity index (χ0v) is 14.4. The Morgan fingerprint density at radius 2 is 0.875 bits per heavy atom. The average Bonchev–Trinajstić information content (AvgIpc) is 2.50. The van der Waals surface area contributed by atoms with Crippen molar-refractivity contribution in [1.29, 1.82) is 0 Å². The first-order valence-corrected chi connectivity index (χ1v) is 7.38. The number of aryl methyl sites for hydroxylation is 4. The zero-order chi connectivity index (χ0) is 18.6. The second-order valence-electron chi connectivity index (χ2n) is 5.54. The maximum atomic E-state index is 11.0. The van der Waals surface area contributed by atoms with Crippen molar-refractivity contribution < 1.29 is 19.8 Å². The van der Waals surface area contributed by atoms with Gasteiger partial charge in [0.25, 0.3) is 0 Å². The third-order valence-corrected chi connectivity index (χ3v) is 3.79. The zero-order valence-electron chi connectivity index (χ0n) is 14.4. The molecule has 0 saturated carbocycles. The van der Waals surface area contributed by atoms with Crippen molar-refractivity contribution in [3.63, 3.8) is 0 Å². The van der Waals surface area contributed by atoms with E-state index in [2.05, 4.69) is 13.2 Å². The van der Waals surface area contributed by atoms with E-state index in [-0.39, 0.29) is 11.1 Å². The van der Waals surface area contributed by atoms with Crippen LogP contribution in [-0.4, -0.2) is 11.9 Å². The fourth-order valence-electron chi connectivity index (χ4n) is 2.95. The fraction of sp³-hybridized carbons (Fsp3) is 0.200. The van der Waals surface area contributed by atoms with Gasteiger partial charge in [0.15, 0.2) is 0 Å². The van der Waals surface area contributed by atoms with Crippen molar-refractivity contribution in [3.8, 4) is 11.1 Å². The molecule has 24 heavy (non-hydrogen) atoms. The minimum absolute atomic E-state index is 0.139. The molecule has 2 aromatic rings. The molecule has 0 heterocycles. The van der Waals surface area contributed by atoms with E-state index in [9.17, 15) is 19.8 Å². The number of hydrogen-bond donors (Lipinski definition) is 0. The lowest BCUT2D eigenvalue weighted by atomic mass is 9.87. The molecule has 0 unspecified atom stereocenters. The number of aromatic carboxylic acids is 2. The van der Waals surface area contributed by atoms with Gasteiger partial charge in [-0.25, -0.2) is 0 Å². The highest BCUT2D eigenvalue weighted by molar-refractivity contribution is 5.91. The van der Waals surface area contributed by atoms with Gasteiger partial charge in [0, 0.05) is 0 Å². The lowest BCUT2D eigenvalue weighted by molar-refractivity contribution is -0.256. The van der Waals surface area contributed by atoms with E-state index in [1.165, 1.54) is 0 Å². The Bertz CT molecular complexity index is 690. The Labute approximate surface area is 142 Å². The van der Waals surface area contributed by atoms with E-state index in [0.29, 0.717) is 0 Å². The Balaban J connectivity index is 0.00000139. The molecule has 126 valence electrons. The molecule has 0 spiro atoms. The molecule has 0 fully saturated rings. The molecule has 0 aromatic heterocycles. The summed E-state index contributed by atoms with van der Waals surface area (Å²) in [5.41, 5.74) is 5.37. The van der Waals surface area contributed by atoms with Gasteiger partial charge in [0.2, 0.25) is 0 Å². The van der Waals surface area contributed by atoms with Crippen LogP contribution in [0.15, 0.2) is 37.4 Å². The normalized spacial score (nSPS) is 9.83. The van der Waals surface area contributed by atoms with Gasteiger partial charge in [-0.1, -0.05) is 0 Å². The predicted octanol–water partition coefficient (Wildman–Crippen LogP) is 2.12. The van der Waals surface area contributed by atoms with E-state index in [0.717, 1.165) is 33.4 Å². The second-order valence-corrected chi connectivity index (χ2v) is 5.54. The van der Waals surface area contributed by atoms with Crippen molar-refractivity contribution in [2.24, 2.45) is 0 Å². The summed E-state index contributed by atoms with van der Waals surface area (Å²) in [6.07, 6.45) is 0. The maximum Gasteiger partial charge on any atom is 0.0715 e. The first-order valence-electron chi connectivity index (χ1n) is 7.38. The van der Waals surface area contributed by atoms with E-state index < -0.39 is 11.9 Å². The van der Waals surface area contributed by atoms with E-state index in [1.54, 1.807) is 24.3 Å². The third kappa shape index (κ3) is 3.71. The number of rotatable bonds is 3. The molecule has 2 rings (SSSR count). The van der Waals surface area contributed by atoms with Crippen molar-refractivity contribution in [2.45, 2.75) is 27.7 Å². The average molecular weight is 324 g/mol. The van der Waals surface area contributed by atoms with Crippen molar-refractivity contribution in [1.82, 2.24) is 0 Å². The highest BCUT2D eigenvalue weighted by atomic mass is 16.4. The minimum Gasteiger partial charge on any atom is -0.545 e. The SMILES string of the molecule is C=C.Cc1cc(C(=O)[O-])cc(C)c1-c1c(C)cc(C(=O)[O-])cc1C. The summed E-state index contributed by atoms with van der Waals surface area (Å²) in [5.74, 6) is -2.42. The summed E-state index contributed by atoms with van der Waals surface area (Å²) in [6, 6.07) is 6.29. The van der Waals surface area contributed by atoms with Crippen LogP contribution in [0.3, 0.4) is 0 Å². The quantitative estimate of drug-likeness (QED) is 0.810. The number of carboxylic acid groups (broad SMARTS) is 2. The summed E-state index contributed by atoms with van der Waals surface area (Å²) in [7, 11) is 0. The molecule has 0 radical (unpaired) electrons. The highest BCUT2D eigenvalue weighted by Gasteiger charge is 2.14. The van der Waals surface area contributed by atoms with Crippen LogP contribution in [0.4, 0.5) is 0 Å². The summed E-state index contributed by atoms with van der Waals surface area (Å²) in [5, 5.41) is 22.0. The van der Waals surface area contributed by atoms with Gasteiger partial charge in [0.05, 0.1) is 11.9 Å². The molecular formula is C20H20O4-2. The third-order valence-electron chi connectivity index (χ3n) is 3.79. The summed E-state index contributed by atoms with van der Waals surface area (Å²) in [4.78, 5) is 22.0. The predicted molar refractivity (Wildman–Crippen MR) is 90.7 cm³/mol. The summed E-state index contributed by atoms with van der Waals surface area (Å²) >= 11 is 0. The van der Waals surface area contributed by atoms with Gasteiger partial charge in [-0.05, 0) is 96.5 Å². The van der Waals surface area contributed by atoms with Crippen LogP contribution in [0.25, 0.3) is 11.1 Å². The van der Waals surface area contributed by atoms with E-state index >= 15 is 0 Å². The van der Waals surface area contributed by atoms with Crippen LogP contribution in [0.2, 0.25) is 0 Å². The number of carboxylic acids is 2. The molecule has 4 heteroatoms. The molecule has 2 aromatic carbocycles. The standard InChI is InChI=1S/C18H18O4.C2H4/c1-9-5-13(17(19)20)6-10(2)15(9)16-11(3)7-14(18(21)22)8-12(16)4;1-2/h5-8H,1-4H3,(H,19,20)(H,21,22);1-2H2/p-2. The largest absolute Gasteiger partial charge is 0.545 e. The van der Waals surface area contributed by atoms with Crippen molar-refractivity contribution >= 4 is 11.9 Å². The topological polar surface area (TPSA) is 80.3 Å². The summed E-state index contributed by atoms with van der Waals surface area (Å²) in [6.45, 7) is 13.3. The molecule has 0 aliphatic heterocycles. The smallest absolute Gasteiger partial charge is 0.0715 e. The fourth-order valence-corrected chi connectivity index (χ4v) is 2.95. The Hall–Kier alpha value is -2.88.